The monoisotopic (exact) mass is 229 g/mol. The highest BCUT2D eigenvalue weighted by Crippen LogP contribution is 2.15. The number of rotatable bonds is 4. The van der Waals surface area contributed by atoms with Gasteiger partial charge in [0.1, 0.15) is 0 Å². The van der Waals surface area contributed by atoms with Crippen LogP contribution in [0.15, 0.2) is 36.8 Å². The number of aryl methyl sites for hydroxylation is 1. The van der Waals surface area contributed by atoms with Crippen LogP contribution in [0, 0.1) is 6.92 Å². The number of anilines is 1. The van der Waals surface area contributed by atoms with Gasteiger partial charge in [-0.05, 0) is 32.4 Å². The van der Waals surface area contributed by atoms with Gasteiger partial charge in [-0.2, -0.15) is 0 Å². The topological polar surface area (TPSA) is 29.9 Å². The molecule has 1 aromatic heterocycles. The molecule has 0 fully saturated rings. The molecular formula is C14H19N3. The van der Waals surface area contributed by atoms with E-state index >= 15 is 0 Å². The number of imidazole rings is 1. The van der Waals surface area contributed by atoms with Gasteiger partial charge in [0.15, 0.2) is 0 Å². The summed E-state index contributed by atoms with van der Waals surface area (Å²) in [7, 11) is 0. The lowest BCUT2D eigenvalue weighted by molar-refractivity contribution is 0.577. The van der Waals surface area contributed by atoms with E-state index in [2.05, 4.69) is 59.9 Å². The number of nitrogens with zero attached hydrogens (tertiary/aromatic N) is 2. The summed E-state index contributed by atoms with van der Waals surface area (Å²) in [6.45, 7) is 7.25. The smallest absolute Gasteiger partial charge is 0.0951 e. The van der Waals surface area contributed by atoms with Gasteiger partial charge in [-0.15, -0.1) is 0 Å². The molecule has 0 unspecified atom stereocenters. The van der Waals surface area contributed by atoms with Gasteiger partial charge in [0.25, 0.3) is 0 Å². The Labute approximate surface area is 103 Å². The van der Waals surface area contributed by atoms with Gasteiger partial charge in [0, 0.05) is 17.9 Å². The van der Waals surface area contributed by atoms with E-state index < -0.39 is 0 Å². The molecule has 0 bridgehead atoms. The van der Waals surface area contributed by atoms with Crippen molar-refractivity contribution in [1.29, 1.82) is 0 Å². The second-order valence-electron chi connectivity index (χ2n) is 4.55. The molecule has 0 aliphatic carbocycles. The number of benzene rings is 1. The van der Waals surface area contributed by atoms with Crippen molar-refractivity contribution in [3.8, 4) is 0 Å². The molecule has 0 saturated heterocycles. The minimum absolute atomic E-state index is 0.450. The second kappa shape index (κ2) is 5.04. The van der Waals surface area contributed by atoms with Crippen LogP contribution >= 0.6 is 0 Å². The summed E-state index contributed by atoms with van der Waals surface area (Å²) in [4.78, 5) is 4.20. The van der Waals surface area contributed by atoms with Crippen LogP contribution in [0.1, 0.15) is 31.1 Å². The average Bonchev–Trinajstić information content (AvgIpc) is 2.76. The van der Waals surface area contributed by atoms with E-state index in [9.17, 15) is 0 Å². The van der Waals surface area contributed by atoms with Crippen LogP contribution in [0.5, 0.6) is 0 Å². The zero-order chi connectivity index (χ0) is 12.3. The number of para-hydroxylation sites is 1. The van der Waals surface area contributed by atoms with Crippen molar-refractivity contribution in [3.05, 3.63) is 48.0 Å². The largest absolute Gasteiger partial charge is 0.379 e. The summed E-state index contributed by atoms with van der Waals surface area (Å²) in [5.74, 6) is 0. The molecule has 17 heavy (non-hydrogen) atoms. The Morgan fingerprint density at radius 1 is 1.29 bits per heavy atom. The Bertz CT molecular complexity index is 486. The molecule has 3 nitrogen and oxygen atoms in total. The molecule has 0 aliphatic heterocycles. The lowest BCUT2D eigenvalue weighted by Crippen LogP contribution is -2.09. The Morgan fingerprint density at radius 3 is 2.76 bits per heavy atom. The third-order valence-corrected chi connectivity index (χ3v) is 2.91. The summed E-state index contributed by atoms with van der Waals surface area (Å²) in [5, 5.41) is 3.45. The molecule has 0 radical (unpaired) electrons. The van der Waals surface area contributed by atoms with Crippen molar-refractivity contribution in [2.45, 2.75) is 33.4 Å². The molecule has 1 aromatic carbocycles. The molecule has 0 spiro atoms. The van der Waals surface area contributed by atoms with Crippen molar-refractivity contribution in [2.24, 2.45) is 0 Å². The summed E-state index contributed by atoms with van der Waals surface area (Å²) in [5.41, 5.74) is 3.66. The van der Waals surface area contributed by atoms with Gasteiger partial charge in [0.05, 0.1) is 18.6 Å². The van der Waals surface area contributed by atoms with Crippen molar-refractivity contribution in [1.82, 2.24) is 9.55 Å². The highest BCUT2D eigenvalue weighted by Gasteiger charge is 2.05. The molecule has 2 rings (SSSR count). The lowest BCUT2D eigenvalue weighted by Gasteiger charge is -2.13. The summed E-state index contributed by atoms with van der Waals surface area (Å²) >= 11 is 0. The predicted molar refractivity (Wildman–Crippen MR) is 71.1 cm³/mol. The zero-order valence-electron chi connectivity index (χ0n) is 10.6. The van der Waals surface area contributed by atoms with Crippen molar-refractivity contribution in [3.63, 3.8) is 0 Å². The molecule has 0 saturated carbocycles. The fraction of sp³-hybridized carbons (Fsp3) is 0.357. The number of hydrogen-bond donors (Lipinski definition) is 1. The molecule has 0 atom stereocenters. The Morgan fingerprint density at radius 2 is 2.06 bits per heavy atom. The molecular weight excluding hydrogens is 210 g/mol. The fourth-order valence-corrected chi connectivity index (χ4v) is 1.89. The second-order valence-corrected chi connectivity index (χ2v) is 4.55. The maximum absolute atomic E-state index is 4.20. The highest BCUT2D eigenvalue weighted by atomic mass is 15.1. The lowest BCUT2D eigenvalue weighted by atomic mass is 10.2. The normalized spacial score (nSPS) is 10.8. The predicted octanol–water partition coefficient (Wildman–Crippen LogP) is 3.38. The Kier molecular flexibility index (Phi) is 3.47. The first kappa shape index (κ1) is 11.7. The molecule has 2 aromatic rings. The third kappa shape index (κ3) is 2.67. The van der Waals surface area contributed by atoms with Crippen LogP contribution in [-0.4, -0.2) is 9.55 Å². The molecule has 3 heteroatoms. The highest BCUT2D eigenvalue weighted by molar-refractivity contribution is 5.50. The molecule has 90 valence electrons. The van der Waals surface area contributed by atoms with Gasteiger partial charge in [0.2, 0.25) is 0 Å². The molecule has 1 N–H and O–H groups in total. The first-order valence-electron chi connectivity index (χ1n) is 5.98. The van der Waals surface area contributed by atoms with E-state index in [0.29, 0.717) is 6.04 Å². The summed E-state index contributed by atoms with van der Waals surface area (Å²) in [6, 6.07) is 8.77. The quantitative estimate of drug-likeness (QED) is 0.871. The Balaban J connectivity index is 2.08. The molecule has 0 aliphatic rings. The Hall–Kier alpha value is -1.77. The number of aromatic nitrogens is 2. The summed E-state index contributed by atoms with van der Waals surface area (Å²) < 4.78 is 2.19. The van der Waals surface area contributed by atoms with Gasteiger partial charge < -0.3 is 9.88 Å². The minimum atomic E-state index is 0.450. The van der Waals surface area contributed by atoms with E-state index in [1.54, 1.807) is 0 Å². The van der Waals surface area contributed by atoms with Crippen LogP contribution in [0.25, 0.3) is 0 Å². The standard InChI is InChI=1S/C14H19N3/c1-11(2)17-10-15-8-13(17)9-16-14-7-5-4-6-12(14)3/h4-8,10-11,16H,9H2,1-3H3. The number of hydrogen-bond acceptors (Lipinski definition) is 2. The van der Waals surface area contributed by atoms with Crippen molar-refractivity contribution >= 4 is 5.69 Å². The van der Waals surface area contributed by atoms with Gasteiger partial charge in [-0.1, -0.05) is 18.2 Å². The fourth-order valence-electron chi connectivity index (χ4n) is 1.89. The number of nitrogens with one attached hydrogen (secondary N) is 1. The third-order valence-electron chi connectivity index (χ3n) is 2.91. The van der Waals surface area contributed by atoms with Gasteiger partial charge in [-0.3, -0.25) is 0 Å². The maximum atomic E-state index is 4.20. The van der Waals surface area contributed by atoms with E-state index in [1.165, 1.54) is 16.9 Å². The van der Waals surface area contributed by atoms with E-state index in [4.69, 9.17) is 0 Å². The van der Waals surface area contributed by atoms with E-state index in [0.717, 1.165) is 6.54 Å². The van der Waals surface area contributed by atoms with Gasteiger partial charge in [-0.25, -0.2) is 4.98 Å². The molecule has 0 amide bonds. The zero-order valence-corrected chi connectivity index (χ0v) is 10.6. The van der Waals surface area contributed by atoms with Crippen LogP contribution in [0.3, 0.4) is 0 Å². The maximum Gasteiger partial charge on any atom is 0.0951 e. The van der Waals surface area contributed by atoms with Crippen molar-refractivity contribution < 1.29 is 0 Å². The van der Waals surface area contributed by atoms with Crippen molar-refractivity contribution in [2.75, 3.05) is 5.32 Å². The minimum Gasteiger partial charge on any atom is -0.379 e. The first-order chi connectivity index (χ1) is 8.18. The van der Waals surface area contributed by atoms with Crippen LogP contribution < -0.4 is 5.32 Å². The van der Waals surface area contributed by atoms with E-state index in [1.807, 2.05) is 12.5 Å². The average molecular weight is 229 g/mol. The van der Waals surface area contributed by atoms with Gasteiger partial charge >= 0.3 is 0 Å². The van der Waals surface area contributed by atoms with E-state index in [-0.39, 0.29) is 0 Å². The first-order valence-corrected chi connectivity index (χ1v) is 5.98. The van der Waals surface area contributed by atoms with Crippen LogP contribution in [-0.2, 0) is 6.54 Å². The van der Waals surface area contributed by atoms with Crippen LogP contribution in [0.4, 0.5) is 5.69 Å². The summed E-state index contributed by atoms with van der Waals surface area (Å²) in [6.07, 6.45) is 3.81. The van der Waals surface area contributed by atoms with Crippen LogP contribution in [0.2, 0.25) is 0 Å². The SMILES string of the molecule is Cc1ccccc1NCc1cncn1C(C)C. The molecule has 1 heterocycles.